The van der Waals surface area contributed by atoms with Gasteiger partial charge in [0.2, 0.25) is 0 Å². The number of rotatable bonds is 4. The van der Waals surface area contributed by atoms with Crippen LogP contribution in [0.2, 0.25) is 0 Å². The van der Waals surface area contributed by atoms with Gasteiger partial charge in [-0.1, -0.05) is 0 Å². The van der Waals surface area contributed by atoms with Crippen LogP contribution in [0.25, 0.3) is 0 Å². The molecule has 1 heterocycles. The molecule has 0 aromatic carbocycles. The van der Waals surface area contributed by atoms with E-state index in [1.165, 1.54) is 18.3 Å². The number of hydrogen-bond donors (Lipinski definition) is 1. The molecule has 0 saturated heterocycles. The predicted octanol–water partition coefficient (Wildman–Crippen LogP) is 2.07. The van der Waals surface area contributed by atoms with E-state index in [1.54, 1.807) is 0 Å². The molecule has 1 aromatic heterocycles. The fourth-order valence-corrected chi connectivity index (χ4v) is 1.29. The average Bonchev–Trinajstić information content (AvgIpc) is 2.24. The van der Waals surface area contributed by atoms with Gasteiger partial charge in [-0.15, -0.1) is 0 Å². The Hall–Kier alpha value is -1.44. The number of hydrogen-bond acceptors (Lipinski definition) is 5. The number of aromatic nitrogens is 1. The largest absolute Gasteiger partial charge is 0.460 e. The Morgan fingerprint density at radius 1 is 1.47 bits per heavy atom. The predicted molar refractivity (Wildman–Crippen MR) is 57.4 cm³/mol. The highest BCUT2D eigenvalue weighted by molar-refractivity contribution is 8.00. The van der Waals surface area contributed by atoms with Gasteiger partial charge in [-0.05, 0) is 23.9 Å². The SMILES string of the molecule is Nc1ccc(C(=O)OCCSC(F)(F)F)nc1. The molecule has 0 fully saturated rings. The van der Waals surface area contributed by atoms with Crippen LogP contribution < -0.4 is 5.73 Å². The minimum Gasteiger partial charge on any atom is -0.460 e. The third-order valence-corrected chi connectivity index (χ3v) is 2.28. The van der Waals surface area contributed by atoms with E-state index in [0.29, 0.717) is 5.69 Å². The van der Waals surface area contributed by atoms with Crippen LogP contribution >= 0.6 is 11.8 Å². The number of halogens is 3. The zero-order chi connectivity index (χ0) is 12.9. The molecule has 1 aromatic rings. The number of ether oxygens (including phenoxy) is 1. The molecule has 2 N–H and O–H groups in total. The molecule has 0 radical (unpaired) electrons. The van der Waals surface area contributed by atoms with Crippen molar-refractivity contribution in [1.29, 1.82) is 0 Å². The monoisotopic (exact) mass is 266 g/mol. The molecule has 94 valence electrons. The van der Waals surface area contributed by atoms with Crippen LogP contribution in [0.5, 0.6) is 0 Å². The van der Waals surface area contributed by atoms with Gasteiger partial charge >= 0.3 is 11.5 Å². The molecule has 17 heavy (non-hydrogen) atoms. The van der Waals surface area contributed by atoms with E-state index < -0.39 is 11.5 Å². The lowest BCUT2D eigenvalue weighted by molar-refractivity contribution is -0.0331. The molecule has 0 aliphatic carbocycles. The lowest BCUT2D eigenvalue weighted by atomic mass is 10.3. The van der Waals surface area contributed by atoms with Crippen LogP contribution in [0.15, 0.2) is 18.3 Å². The second kappa shape index (κ2) is 5.76. The molecule has 0 atom stereocenters. The third-order valence-electron chi connectivity index (χ3n) is 1.58. The maximum absolute atomic E-state index is 11.7. The molecule has 8 heteroatoms. The van der Waals surface area contributed by atoms with Gasteiger partial charge in [-0.25, -0.2) is 9.78 Å². The van der Waals surface area contributed by atoms with Crippen molar-refractivity contribution < 1.29 is 22.7 Å². The number of alkyl halides is 3. The molecule has 0 amide bonds. The Kier molecular flexibility index (Phi) is 4.62. The Morgan fingerprint density at radius 3 is 2.71 bits per heavy atom. The fraction of sp³-hybridized carbons (Fsp3) is 0.333. The summed E-state index contributed by atoms with van der Waals surface area (Å²) < 4.78 is 39.8. The molecule has 0 saturated carbocycles. The van der Waals surface area contributed by atoms with Crippen molar-refractivity contribution in [1.82, 2.24) is 4.98 Å². The van der Waals surface area contributed by atoms with Crippen LogP contribution in [0, 0.1) is 0 Å². The molecule has 0 aliphatic heterocycles. The number of esters is 1. The van der Waals surface area contributed by atoms with Crippen molar-refractivity contribution in [2.24, 2.45) is 0 Å². The highest BCUT2D eigenvalue weighted by atomic mass is 32.2. The molecule has 4 nitrogen and oxygen atoms in total. The second-order valence-electron chi connectivity index (χ2n) is 2.91. The Labute approximate surface area is 99.3 Å². The van der Waals surface area contributed by atoms with Crippen molar-refractivity contribution in [2.45, 2.75) is 5.51 Å². The summed E-state index contributed by atoms with van der Waals surface area (Å²) >= 11 is -0.244. The van der Waals surface area contributed by atoms with Crippen LogP contribution in [0.1, 0.15) is 10.5 Å². The van der Waals surface area contributed by atoms with Gasteiger partial charge in [-0.3, -0.25) is 0 Å². The summed E-state index contributed by atoms with van der Waals surface area (Å²) in [6.45, 7) is -0.324. The molecule has 0 unspecified atom stereocenters. The number of thioether (sulfide) groups is 1. The first-order chi connectivity index (χ1) is 7.88. The Balaban J connectivity index is 2.33. The van der Waals surface area contributed by atoms with Crippen molar-refractivity contribution in [3.05, 3.63) is 24.0 Å². The van der Waals surface area contributed by atoms with Gasteiger partial charge in [0.1, 0.15) is 12.3 Å². The summed E-state index contributed by atoms with van der Waals surface area (Å²) in [6.07, 6.45) is 1.26. The maximum Gasteiger partial charge on any atom is 0.441 e. The van der Waals surface area contributed by atoms with Gasteiger partial charge in [-0.2, -0.15) is 13.2 Å². The van der Waals surface area contributed by atoms with E-state index in [4.69, 9.17) is 5.73 Å². The minimum absolute atomic E-state index is 0.0104. The zero-order valence-electron chi connectivity index (χ0n) is 8.53. The van der Waals surface area contributed by atoms with Gasteiger partial charge in [0, 0.05) is 5.75 Å². The highest BCUT2D eigenvalue weighted by Gasteiger charge is 2.27. The Morgan fingerprint density at radius 2 is 2.18 bits per heavy atom. The minimum atomic E-state index is -4.31. The molecule has 0 bridgehead atoms. The van der Waals surface area contributed by atoms with Crippen molar-refractivity contribution >= 4 is 23.4 Å². The number of nitrogens with zero attached hydrogens (tertiary/aromatic N) is 1. The summed E-state index contributed by atoms with van der Waals surface area (Å²) in [6, 6.07) is 2.79. The first kappa shape index (κ1) is 13.6. The number of carbonyl (C=O) groups excluding carboxylic acids is 1. The molecule has 1 rings (SSSR count). The van der Waals surface area contributed by atoms with Crippen molar-refractivity contribution in [2.75, 3.05) is 18.1 Å². The van der Waals surface area contributed by atoms with E-state index in [-0.39, 0.29) is 29.8 Å². The lowest BCUT2D eigenvalue weighted by Crippen LogP contribution is -2.12. The lowest BCUT2D eigenvalue weighted by Gasteiger charge is -2.06. The summed E-state index contributed by atoms with van der Waals surface area (Å²) in [5.41, 5.74) is 1.43. The fourth-order valence-electron chi connectivity index (χ4n) is 0.892. The smallest absolute Gasteiger partial charge is 0.441 e. The molecular weight excluding hydrogens is 257 g/mol. The number of carbonyl (C=O) groups is 1. The number of nitrogen functional groups attached to an aromatic ring is 1. The quantitative estimate of drug-likeness (QED) is 0.667. The van der Waals surface area contributed by atoms with Crippen LogP contribution in [0.3, 0.4) is 0 Å². The number of anilines is 1. The first-order valence-corrected chi connectivity index (χ1v) is 5.46. The van der Waals surface area contributed by atoms with E-state index in [0.717, 1.165) is 0 Å². The Bertz CT molecular complexity index is 381. The van der Waals surface area contributed by atoms with Gasteiger partial charge in [0.25, 0.3) is 0 Å². The van der Waals surface area contributed by atoms with Crippen LogP contribution in [-0.4, -0.2) is 28.8 Å². The maximum atomic E-state index is 11.7. The zero-order valence-corrected chi connectivity index (χ0v) is 9.35. The molecular formula is C9H9F3N2O2S. The second-order valence-corrected chi connectivity index (χ2v) is 4.07. The summed E-state index contributed by atoms with van der Waals surface area (Å²) in [5, 5.41) is 0. The highest BCUT2D eigenvalue weighted by Crippen LogP contribution is 2.29. The van der Waals surface area contributed by atoms with E-state index in [9.17, 15) is 18.0 Å². The normalized spacial score (nSPS) is 11.2. The van der Waals surface area contributed by atoms with E-state index in [1.807, 2.05) is 0 Å². The van der Waals surface area contributed by atoms with Crippen molar-refractivity contribution in [3.63, 3.8) is 0 Å². The topological polar surface area (TPSA) is 65.2 Å². The van der Waals surface area contributed by atoms with E-state index >= 15 is 0 Å². The molecule has 0 aliphatic rings. The van der Waals surface area contributed by atoms with Gasteiger partial charge in [0.15, 0.2) is 0 Å². The number of pyridine rings is 1. The van der Waals surface area contributed by atoms with Gasteiger partial charge < -0.3 is 10.5 Å². The molecule has 0 spiro atoms. The standard InChI is InChI=1S/C9H9F3N2O2S/c10-9(11,12)17-4-3-16-8(15)7-2-1-6(13)5-14-7/h1-2,5H,3-4,13H2. The summed E-state index contributed by atoms with van der Waals surface area (Å²) in [7, 11) is 0. The summed E-state index contributed by atoms with van der Waals surface area (Å²) in [5.74, 6) is -1.11. The van der Waals surface area contributed by atoms with Crippen molar-refractivity contribution in [3.8, 4) is 0 Å². The van der Waals surface area contributed by atoms with Gasteiger partial charge in [0.05, 0.1) is 11.9 Å². The first-order valence-electron chi connectivity index (χ1n) is 4.48. The van der Waals surface area contributed by atoms with Crippen LogP contribution in [0.4, 0.5) is 18.9 Å². The van der Waals surface area contributed by atoms with Crippen LogP contribution in [-0.2, 0) is 4.74 Å². The van der Waals surface area contributed by atoms with E-state index in [2.05, 4.69) is 9.72 Å². The summed E-state index contributed by atoms with van der Waals surface area (Å²) in [4.78, 5) is 14.9. The number of nitrogens with two attached hydrogens (primary N) is 1. The third kappa shape index (κ3) is 5.43. The average molecular weight is 266 g/mol.